The Morgan fingerprint density at radius 1 is 1.47 bits per heavy atom. The molecule has 1 aromatic rings. The number of benzene rings is 1. The van der Waals surface area contributed by atoms with E-state index in [0.717, 1.165) is 17.4 Å². The van der Waals surface area contributed by atoms with E-state index >= 15 is 0 Å². The van der Waals surface area contributed by atoms with Crippen molar-refractivity contribution in [3.8, 4) is 0 Å². The van der Waals surface area contributed by atoms with Crippen LogP contribution in [0.5, 0.6) is 0 Å². The van der Waals surface area contributed by atoms with Gasteiger partial charge < -0.3 is 11.1 Å². The highest BCUT2D eigenvalue weighted by molar-refractivity contribution is 14.0. The van der Waals surface area contributed by atoms with Gasteiger partial charge in [0.2, 0.25) is 0 Å². The number of aliphatic imine (C=N–C) groups is 1. The van der Waals surface area contributed by atoms with Crippen molar-refractivity contribution in [2.75, 3.05) is 6.54 Å². The first kappa shape index (κ1) is 16.7. The summed E-state index contributed by atoms with van der Waals surface area (Å²) in [6, 6.07) is 6.17. The number of rotatable bonds is 4. The second-order valence-electron chi connectivity index (χ2n) is 3.70. The zero-order valence-electron chi connectivity index (χ0n) is 10.2. The lowest BCUT2D eigenvalue weighted by Crippen LogP contribution is -2.32. The van der Waals surface area contributed by atoms with Crippen LogP contribution in [-0.4, -0.2) is 12.5 Å². The third-order valence-corrected chi connectivity index (χ3v) is 2.77. The molecular formula is C12H19BrIN3. The molecule has 0 aliphatic heterocycles. The fraction of sp³-hybridized carbons (Fsp3) is 0.417. The molecule has 0 unspecified atom stereocenters. The minimum atomic E-state index is 0. The predicted molar refractivity (Wildman–Crippen MR) is 87.9 cm³/mol. The van der Waals surface area contributed by atoms with Crippen molar-refractivity contribution in [1.82, 2.24) is 5.32 Å². The summed E-state index contributed by atoms with van der Waals surface area (Å²) >= 11 is 3.44. The van der Waals surface area contributed by atoms with Gasteiger partial charge in [0.15, 0.2) is 5.96 Å². The molecule has 0 saturated carbocycles. The summed E-state index contributed by atoms with van der Waals surface area (Å²) in [6.45, 7) is 5.67. The summed E-state index contributed by atoms with van der Waals surface area (Å²) in [5.41, 5.74) is 8.14. The topological polar surface area (TPSA) is 50.4 Å². The van der Waals surface area contributed by atoms with Crippen LogP contribution in [0.4, 0.5) is 0 Å². The van der Waals surface area contributed by atoms with Crippen molar-refractivity contribution in [3.63, 3.8) is 0 Å². The number of hydrogen-bond acceptors (Lipinski definition) is 1. The molecular weight excluding hydrogens is 393 g/mol. The number of nitrogens with zero attached hydrogens (tertiary/aromatic N) is 1. The zero-order valence-corrected chi connectivity index (χ0v) is 14.1. The molecule has 0 atom stereocenters. The van der Waals surface area contributed by atoms with Gasteiger partial charge >= 0.3 is 0 Å². The Balaban J connectivity index is 0.00000256. The van der Waals surface area contributed by atoms with E-state index in [9.17, 15) is 0 Å². The van der Waals surface area contributed by atoms with Crippen molar-refractivity contribution in [2.24, 2.45) is 10.7 Å². The number of guanidine groups is 1. The highest BCUT2D eigenvalue weighted by Gasteiger charge is 1.98. The van der Waals surface area contributed by atoms with Crippen LogP contribution < -0.4 is 11.1 Å². The van der Waals surface area contributed by atoms with Crippen molar-refractivity contribution in [3.05, 3.63) is 33.8 Å². The van der Waals surface area contributed by atoms with Gasteiger partial charge in [0, 0.05) is 11.0 Å². The Morgan fingerprint density at radius 3 is 2.76 bits per heavy atom. The number of aryl methyl sites for hydroxylation is 1. The molecule has 0 bridgehead atoms. The summed E-state index contributed by atoms with van der Waals surface area (Å²) in [5, 5.41) is 3.05. The minimum absolute atomic E-state index is 0. The highest BCUT2D eigenvalue weighted by atomic mass is 127. The fourth-order valence-corrected chi connectivity index (χ4v) is 1.79. The van der Waals surface area contributed by atoms with Gasteiger partial charge in [-0.1, -0.05) is 28.9 Å². The van der Waals surface area contributed by atoms with Crippen LogP contribution in [-0.2, 0) is 6.54 Å². The molecule has 0 fully saturated rings. The number of hydrogen-bond donors (Lipinski definition) is 2. The van der Waals surface area contributed by atoms with Crippen LogP contribution in [0.25, 0.3) is 0 Å². The maximum atomic E-state index is 5.72. The fourth-order valence-electron chi connectivity index (χ4n) is 1.32. The summed E-state index contributed by atoms with van der Waals surface area (Å²) in [6.07, 6.45) is 1.05. The second kappa shape index (κ2) is 8.74. The lowest BCUT2D eigenvalue weighted by Gasteiger charge is -2.05. The van der Waals surface area contributed by atoms with E-state index in [0.29, 0.717) is 12.5 Å². The lowest BCUT2D eigenvalue weighted by atomic mass is 10.1. The van der Waals surface area contributed by atoms with Crippen molar-refractivity contribution >= 4 is 45.9 Å². The number of halogens is 2. The van der Waals surface area contributed by atoms with Crippen LogP contribution in [0, 0.1) is 6.92 Å². The first-order chi connectivity index (χ1) is 7.63. The summed E-state index contributed by atoms with van der Waals surface area (Å²) in [7, 11) is 0. The van der Waals surface area contributed by atoms with Crippen molar-refractivity contribution in [1.29, 1.82) is 0 Å². The molecule has 96 valence electrons. The van der Waals surface area contributed by atoms with E-state index in [-0.39, 0.29) is 24.0 Å². The van der Waals surface area contributed by atoms with Gasteiger partial charge in [-0.3, -0.25) is 0 Å². The van der Waals surface area contributed by atoms with Crippen LogP contribution >= 0.6 is 39.9 Å². The van der Waals surface area contributed by atoms with Gasteiger partial charge in [0.1, 0.15) is 0 Å². The van der Waals surface area contributed by atoms with Crippen LogP contribution in [0.3, 0.4) is 0 Å². The number of nitrogens with two attached hydrogens (primary N) is 1. The maximum Gasteiger partial charge on any atom is 0.188 e. The van der Waals surface area contributed by atoms with Gasteiger partial charge in [0.25, 0.3) is 0 Å². The average molecular weight is 412 g/mol. The SMILES string of the molecule is CCCNC(N)=NCc1ccc(Br)cc1C.I. The normalized spacial score (nSPS) is 10.9. The first-order valence-electron chi connectivity index (χ1n) is 5.42. The maximum absolute atomic E-state index is 5.72. The van der Waals surface area contributed by atoms with E-state index in [2.05, 4.69) is 52.2 Å². The van der Waals surface area contributed by atoms with Gasteiger partial charge in [-0.25, -0.2) is 4.99 Å². The Hall–Kier alpha value is -0.300. The summed E-state index contributed by atoms with van der Waals surface area (Å²) in [4.78, 5) is 4.29. The Kier molecular flexibility index (Phi) is 8.59. The third kappa shape index (κ3) is 6.26. The monoisotopic (exact) mass is 411 g/mol. The second-order valence-corrected chi connectivity index (χ2v) is 4.61. The highest BCUT2D eigenvalue weighted by Crippen LogP contribution is 2.16. The molecule has 1 aromatic carbocycles. The average Bonchev–Trinajstić information content (AvgIpc) is 2.25. The molecule has 3 nitrogen and oxygen atoms in total. The molecule has 17 heavy (non-hydrogen) atoms. The first-order valence-corrected chi connectivity index (χ1v) is 6.21. The van der Waals surface area contributed by atoms with E-state index in [1.165, 1.54) is 11.1 Å². The third-order valence-electron chi connectivity index (χ3n) is 2.28. The molecule has 0 spiro atoms. The zero-order chi connectivity index (χ0) is 12.0. The van der Waals surface area contributed by atoms with Crippen LogP contribution in [0.2, 0.25) is 0 Å². The minimum Gasteiger partial charge on any atom is -0.370 e. The van der Waals surface area contributed by atoms with E-state index in [1.54, 1.807) is 0 Å². The lowest BCUT2D eigenvalue weighted by molar-refractivity contribution is 0.825. The molecule has 0 amide bonds. The Bertz CT molecular complexity index is 380. The standard InChI is InChI=1S/C12H18BrN3.HI/c1-3-6-15-12(14)16-8-10-4-5-11(13)7-9(10)2;/h4-5,7H,3,6,8H2,1-2H3,(H3,14,15,16);1H. The molecule has 0 radical (unpaired) electrons. The Labute approximate surface area is 128 Å². The molecule has 0 aromatic heterocycles. The molecule has 5 heteroatoms. The van der Waals surface area contributed by atoms with Gasteiger partial charge in [0.05, 0.1) is 6.54 Å². The van der Waals surface area contributed by atoms with Crippen molar-refractivity contribution in [2.45, 2.75) is 26.8 Å². The van der Waals surface area contributed by atoms with Gasteiger partial charge in [-0.15, -0.1) is 24.0 Å². The molecule has 0 heterocycles. The number of nitrogens with one attached hydrogen (secondary N) is 1. The molecule has 3 N–H and O–H groups in total. The molecule has 0 aliphatic carbocycles. The molecule has 1 rings (SSSR count). The Morgan fingerprint density at radius 2 is 2.18 bits per heavy atom. The van der Waals surface area contributed by atoms with Crippen LogP contribution in [0.15, 0.2) is 27.7 Å². The van der Waals surface area contributed by atoms with Crippen molar-refractivity contribution < 1.29 is 0 Å². The largest absolute Gasteiger partial charge is 0.370 e. The van der Waals surface area contributed by atoms with E-state index in [1.807, 2.05) is 6.07 Å². The van der Waals surface area contributed by atoms with Gasteiger partial charge in [-0.05, 0) is 36.6 Å². The van der Waals surface area contributed by atoms with E-state index < -0.39 is 0 Å². The quantitative estimate of drug-likeness (QED) is 0.454. The van der Waals surface area contributed by atoms with E-state index in [4.69, 9.17) is 5.73 Å². The predicted octanol–water partition coefficient (Wildman–Crippen LogP) is 3.19. The van der Waals surface area contributed by atoms with Gasteiger partial charge in [-0.2, -0.15) is 0 Å². The smallest absolute Gasteiger partial charge is 0.188 e. The summed E-state index contributed by atoms with van der Waals surface area (Å²) in [5.74, 6) is 0.518. The van der Waals surface area contributed by atoms with Crippen LogP contribution in [0.1, 0.15) is 24.5 Å². The molecule has 0 saturated heterocycles. The molecule has 0 aliphatic rings. The summed E-state index contributed by atoms with van der Waals surface area (Å²) < 4.78 is 1.09.